The van der Waals surface area contributed by atoms with Gasteiger partial charge in [-0.2, -0.15) is 0 Å². The Morgan fingerprint density at radius 2 is 1.58 bits per heavy atom. The Hall–Kier alpha value is -4.06. The second-order valence-corrected chi connectivity index (χ2v) is 10.2. The Bertz CT molecular complexity index is 1370. The molecule has 1 amide bonds. The maximum atomic E-state index is 13.5. The highest BCUT2D eigenvalue weighted by Crippen LogP contribution is 2.41. The quantitative estimate of drug-likeness (QED) is 0.240. The van der Waals surface area contributed by atoms with E-state index in [1.165, 1.54) is 16.0 Å². The molecule has 0 bridgehead atoms. The Labute approximate surface area is 223 Å². The van der Waals surface area contributed by atoms with Gasteiger partial charge in [0.2, 0.25) is 0 Å². The fraction of sp³-hybridized carbons (Fsp3) is 0.312. The molecule has 1 fully saturated rings. The van der Waals surface area contributed by atoms with Gasteiger partial charge in [-0.25, -0.2) is 0 Å². The first-order chi connectivity index (χ1) is 18.4. The number of aliphatic hydroxyl groups excluding tert-OH is 1. The summed E-state index contributed by atoms with van der Waals surface area (Å²) in [7, 11) is 1.60. The summed E-state index contributed by atoms with van der Waals surface area (Å²) in [5, 5.41) is 11.5. The Morgan fingerprint density at radius 3 is 2.24 bits per heavy atom. The number of nitrogens with zero attached hydrogens (tertiary/aromatic N) is 1. The molecule has 0 radical (unpaired) electrons. The van der Waals surface area contributed by atoms with Crippen LogP contribution in [0.4, 0.5) is 0 Å². The number of aryl methyl sites for hydroxylation is 2. The average Bonchev–Trinajstić information content (AvgIpc) is 3.18. The minimum atomic E-state index is -0.735. The Morgan fingerprint density at radius 1 is 0.921 bits per heavy atom. The molecular formula is C32H33NO5. The highest BCUT2D eigenvalue weighted by atomic mass is 16.5. The van der Waals surface area contributed by atoms with Gasteiger partial charge < -0.3 is 19.5 Å². The second-order valence-electron chi connectivity index (χ2n) is 10.2. The summed E-state index contributed by atoms with van der Waals surface area (Å²) in [4.78, 5) is 28.4. The number of aliphatic hydroxyl groups is 1. The normalized spacial score (nSPS) is 18.5. The number of likely N-dealkylation sites (tertiary alicyclic amines) is 1. The number of fused-ring (bicyclic) bond motifs is 1. The Balaban J connectivity index is 1.58. The van der Waals surface area contributed by atoms with Gasteiger partial charge in [0.05, 0.1) is 24.8 Å². The third-order valence-corrected chi connectivity index (χ3v) is 7.24. The molecule has 1 N–H and O–H groups in total. The van der Waals surface area contributed by atoms with Crippen molar-refractivity contribution in [2.24, 2.45) is 0 Å². The lowest BCUT2D eigenvalue weighted by Crippen LogP contribution is -2.29. The zero-order valence-electron chi connectivity index (χ0n) is 22.1. The molecule has 6 nitrogen and oxygen atoms in total. The van der Waals surface area contributed by atoms with Crippen molar-refractivity contribution in [3.8, 4) is 11.5 Å². The van der Waals surface area contributed by atoms with E-state index < -0.39 is 17.7 Å². The summed E-state index contributed by atoms with van der Waals surface area (Å²) >= 11 is 0. The fourth-order valence-corrected chi connectivity index (χ4v) is 5.35. The zero-order valence-corrected chi connectivity index (χ0v) is 22.1. The molecule has 1 atom stereocenters. The predicted octanol–water partition coefficient (Wildman–Crippen LogP) is 5.98. The fourth-order valence-electron chi connectivity index (χ4n) is 5.35. The van der Waals surface area contributed by atoms with Crippen LogP contribution >= 0.6 is 0 Å². The number of amides is 1. The summed E-state index contributed by atoms with van der Waals surface area (Å²) in [5.74, 6) is -0.0402. The van der Waals surface area contributed by atoms with Gasteiger partial charge >= 0.3 is 0 Å². The summed E-state index contributed by atoms with van der Waals surface area (Å²) in [6.07, 6.45) is 4.25. The molecule has 1 heterocycles. The lowest BCUT2D eigenvalue weighted by Gasteiger charge is -2.26. The molecule has 3 aromatic rings. The smallest absolute Gasteiger partial charge is 0.295 e. The summed E-state index contributed by atoms with van der Waals surface area (Å²) < 4.78 is 11.1. The predicted molar refractivity (Wildman–Crippen MR) is 146 cm³/mol. The van der Waals surface area contributed by atoms with E-state index in [4.69, 9.17) is 9.47 Å². The molecule has 196 valence electrons. The maximum Gasteiger partial charge on any atom is 0.295 e. The largest absolute Gasteiger partial charge is 0.507 e. The van der Waals surface area contributed by atoms with Crippen LogP contribution in [0.25, 0.3) is 5.76 Å². The lowest BCUT2D eigenvalue weighted by molar-refractivity contribution is -0.140. The van der Waals surface area contributed by atoms with E-state index >= 15 is 0 Å². The molecule has 1 aliphatic heterocycles. The van der Waals surface area contributed by atoms with Gasteiger partial charge in [0, 0.05) is 12.1 Å². The minimum absolute atomic E-state index is 0.0190. The molecule has 0 aromatic heterocycles. The van der Waals surface area contributed by atoms with Crippen LogP contribution in [0.1, 0.15) is 60.5 Å². The van der Waals surface area contributed by atoms with Gasteiger partial charge in [0.15, 0.2) is 0 Å². The molecule has 1 unspecified atom stereocenters. The molecule has 3 aromatic carbocycles. The molecule has 0 spiro atoms. The molecular weight excluding hydrogens is 478 g/mol. The number of methoxy groups -OCH3 is 1. The van der Waals surface area contributed by atoms with Gasteiger partial charge in [-0.1, -0.05) is 36.4 Å². The van der Waals surface area contributed by atoms with Gasteiger partial charge in [-0.15, -0.1) is 0 Å². The SMILES string of the molecule is COc1ccc(CN2C(=O)C(=O)/C(=C(\O)c3ccc4c(c3)CCCC4)C2c2ccc(OC(C)C)cc2)cc1. The molecule has 5 rings (SSSR count). The first kappa shape index (κ1) is 25.6. The van der Waals surface area contributed by atoms with Crippen LogP contribution in [0.5, 0.6) is 11.5 Å². The first-order valence-corrected chi connectivity index (χ1v) is 13.2. The number of ketones is 1. The first-order valence-electron chi connectivity index (χ1n) is 13.2. The van der Waals surface area contributed by atoms with Crippen molar-refractivity contribution >= 4 is 17.4 Å². The van der Waals surface area contributed by atoms with Crippen LogP contribution in [-0.4, -0.2) is 34.9 Å². The van der Waals surface area contributed by atoms with Crippen molar-refractivity contribution in [3.05, 3.63) is 100 Å². The summed E-state index contributed by atoms with van der Waals surface area (Å²) in [6, 6.07) is 19.9. The van der Waals surface area contributed by atoms with Crippen molar-refractivity contribution in [1.82, 2.24) is 4.90 Å². The average molecular weight is 512 g/mol. The van der Waals surface area contributed by atoms with Gasteiger partial charge in [-0.05, 0) is 92.1 Å². The lowest BCUT2D eigenvalue weighted by atomic mass is 9.88. The van der Waals surface area contributed by atoms with Crippen molar-refractivity contribution in [2.75, 3.05) is 7.11 Å². The number of hydrogen-bond acceptors (Lipinski definition) is 5. The molecule has 1 aliphatic carbocycles. The van der Waals surface area contributed by atoms with Crippen LogP contribution in [0.15, 0.2) is 72.3 Å². The number of hydrogen-bond donors (Lipinski definition) is 1. The topological polar surface area (TPSA) is 76.1 Å². The standard InChI is InChI=1S/C32H33NO5/c1-20(2)38-27-16-12-23(13-17-27)29-28(30(34)25-11-10-22-6-4-5-7-24(22)18-25)31(35)32(36)33(29)19-21-8-14-26(37-3)15-9-21/h8-18,20,29,34H,4-7,19H2,1-3H3/b30-28-. The van der Waals surface area contributed by atoms with E-state index in [0.29, 0.717) is 17.1 Å². The Kier molecular flexibility index (Phi) is 7.23. The molecule has 1 saturated heterocycles. The minimum Gasteiger partial charge on any atom is -0.507 e. The molecule has 0 saturated carbocycles. The van der Waals surface area contributed by atoms with E-state index in [2.05, 4.69) is 0 Å². The maximum absolute atomic E-state index is 13.5. The summed E-state index contributed by atoms with van der Waals surface area (Å²) in [6.45, 7) is 4.12. The highest BCUT2D eigenvalue weighted by Gasteiger charge is 2.46. The van der Waals surface area contributed by atoms with E-state index in [1.54, 1.807) is 7.11 Å². The zero-order chi connectivity index (χ0) is 26.8. The number of carbonyl (C=O) groups excluding carboxylic acids is 2. The number of rotatable bonds is 7. The number of ether oxygens (including phenoxy) is 2. The summed E-state index contributed by atoms with van der Waals surface area (Å²) in [5.41, 5.74) is 4.73. The van der Waals surface area contributed by atoms with Crippen LogP contribution in [0, 0.1) is 0 Å². The van der Waals surface area contributed by atoms with Gasteiger partial charge in [-0.3, -0.25) is 9.59 Å². The second kappa shape index (κ2) is 10.7. The van der Waals surface area contributed by atoms with E-state index in [9.17, 15) is 14.7 Å². The number of benzene rings is 3. The monoisotopic (exact) mass is 511 g/mol. The van der Waals surface area contributed by atoms with Crippen LogP contribution < -0.4 is 9.47 Å². The molecule has 38 heavy (non-hydrogen) atoms. The molecule has 2 aliphatic rings. The van der Waals surface area contributed by atoms with Gasteiger partial charge in [0.1, 0.15) is 17.3 Å². The van der Waals surface area contributed by atoms with E-state index in [-0.39, 0.29) is 24.0 Å². The van der Waals surface area contributed by atoms with Crippen LogP contribution in [0.2, 0.25) is 0 Å². The number of Topliss-reactive ketones (excluding diaryl/α,β-unsaturated/α-hetero) is 1. The van der Waals surface area contributed by atoms with Crippen LogP contribution in [0.3, 0.4) is 0 Å². The third kappa shape index (κ3) is 5.03. The number of carbonyl (C=O) groups is 2. The van der Waals surface area contributed by atoms with E-state index in [0.717, 1.165) is 36.8 Å². The highest BCUT2D eigenvalue weighted by molar-refractivity contribution is 6.46. The third-order valence-electron chi connectivity index (χ3n) is 7.24. The van der Waals surface area contributed by atoms with Crippen molar-refractivity contribution in [3.63, 3.8) is 0 Å². The van der Waals surface area contributed by atoms with Gasteiger partial charge in [0.25, 0.3) is 11.7 Å². The van der Waals surface area contributed by atoms with Crippen molar-refractivity contribution in [1.29, 1.82) is 0 Å². The van der Waals surface area contributed by atoms with Crippen LogP contribution in [-0.2, 0) is 29.0 Å². The molecule has 6 heteroatoms. The van der Waals surface area contributed by atoms with E-state index in [1.807, 2.05) is 80.6 Å². The van der Waals surface area contributed by atoms with Crippen molar-refractivity contribution < 1.29 is 24.2 Å². The van der Waals surface area contributed by atoms with Crippen molar-refractivity contribution in [2.45, 2.75) is 58.2 Å².